The fourth-order valence-electron chi connectivity index (χ4n) is 5.47. The molecule has 0 saturated carbocycles. The second-order valence-corrected chi connectivity index (χ2v) is 10.1. The van der Waals surface area contributed by atoms with Crippen molar-refractivity contribution in [3.05, 3.63) is 52.3 Å². The number of carbonyl (C=O) groups excluding carboxylic acids is 2. The van der Waals surface area contributed by atoms with Crippen LogP contribution in [0.25, 0.3) is 0 Å². The lowest BCUT2D eigenvalue weighted by molar-refractivity contribution is -0.137. The Labute approximate surface area is 227 Å². The van der Waals surface area contributed by atoms with Crippen LogP contribution in [-0.2, 0) is 11.0 Å². The van der Waals surface area contributed by atoms with E-state index in [1.807, 2.05) is 4.90 Å². The van der Waals surface area contributed by atoms with E-state index in [-0.39, 0.29) is 51.7 Å². The predicted octanol–water partition coefficient (Wildman–Crippen LogP) is 5.12. The third-order valence-electron chi connectivity index (χ3n) is 7.43. The number of piperidine rings is 1. The standard InChI is InChI=1S/C27H26ClF3N2O6/c1-14-10-16(34)12-20(26(14)25(35)22-18(36-2)13-19(37-3)23(28)24(22)39-26)33-8-5-17(6-9-33)38-21-11-15(4-7-32-21)27(29,30)31/h4,7,11-14,17H,5-6,8-10H2,1-3H3/t14-,26+/m1/s1. The highest BCUT2D eigenvalue weighted by Gasteiger charge is 2.60. The lowest BCUT2D eigenvalue weighted by Gasteiger charge is -2.45. The number of ketones is 2. The van der Waals surface area contributed by atoms with E-state index in [1.165, 1.54) is 26.4 Å². The zero-order valence-electron chi connectivity index (χ0n) is 21.4. The zero-order valence-corrected chi connectivity index (χ0v) is 22.2. The highest BCUT2D eigenvalue weighted by atomic mass is 35.5. The number of allylic oxidation sites excluding steroid dienone is 1. The fraction of sp³-hybridized carbons (Fsp3) is 0.444. The zero-order chi connectivity index (χ0) is 28.1. The van der Waals surface area contributed by atoms with Crippen molar-refractivity contribution in [3.63, 3.8) is 0 Å². The van der Waals surface area contributed by atoms with Crippen molar-refractivity contribution in [2.75, 3.05) is 27.3 Å². The quantitative estimate of drug-likeness (QED) is 0.493. The molecule has 0 radical (unpaired) electrons. The number of fused-ring (bicyclic) bond motifs is 1. The minimum Gasteiger partial charge on any atom is -0.496 e. The van der Waals surface area contributed by atoms with Crippen molar-refractivity contribution < 1.29 is 41.7 Å². The van der Waals surface area contributed by atoms with Crippen molar-refractivity contribution >= 4 is 23.2 Å². The molecule has 2 atom stereocenters. The normalized spacial score (nSPS) is 23.4. The van der Waals surface area contributed by atoms with E-state index >= 15 is 0 Å². The molecule has 8 nitrogen and oxygen atoms in total. The number of nitrogens with zero attached hydrogens (tertiary/aromatic N) is 2. The van der Waals surface area contributed by atoms with E-state index in [1.54, 1.807) is 6.92 Å². The van der Waals surface area contributed by atoms with Gasteiger partial charge in [0.05, 0.1) is 25.5 Å². The van der Waals surface area contributed by atoms with Gasteiger partial charge in [-0.05, 0) is 6.07 Å². The van der Waals surface area contributed by atoms with Gasteiger partial charge >= 0.3 is 6.18 Å². The Balaban J connectivity index is 1.41. The van der Waals surface area contributed by atoms with Crippen molar-refractivity contribution in [1.82, 2.24) is 9.88 Å². The van der Waals surface area contributed by atoms with E-state index in [4.69, 9.17) is 30.5 Å². The van der Waals surface area contributed by atoms with Crippen LogP contribution >= 0.6 is 11.6 Å². The summed E-state index contributed by atoms with van der Waals surface area (Å²) in [5, 5.41) is 0.127. The molecule has 1 aliphatic carbocycles. The fourth-order valence-corrected chi connectivity index (χ4v) is 5.74. The van der Waals surface area contributed by atoms with Crippen LogP contribution in [0.15, 0.2) is 36.2 Å². The minimum atomic E-state index is -4.50. The van der Waals surface area contributed by atoms with Gasteiger partial charge in [-0.1, -0.05) is 18.5 Å². The molecular weight excluding hydrogens is 541 g/mol. The van der Waals surface area contributed by atoms with Crippen LogP contribution in [-0.4, -0.2) is 60.5 Å². The number of halogens is 4. The smallest absolute Gasteiger partial charge is 0.416 e. The van der Waals surface area contributed by atoms with Crippen LogP contribution in [0, 0.1) is 5.92 Å². The first-order chi connectivity index (χ1) is 18.5. The number of benzene rings is 1. The van der Waals surface area contributed by atoms with Crippen molar-refractivity contribution in [2.45, 2.75) is 44.1 Å². The summed E-state index contributed by atoms with van der Waals surface area (Å²) in [6, 6.07) is 3.28. The molecule has 1 aromatic heterocycles. The van der Waals surface area contributed by atoms with Crippen LogP contribution in [0.5, 0.6) is 23.1 Å². The molecule has 1 spiro atoms. The number of aromatic nitrogens is 1. The molecule has 1 aromatic carbocycles. The largest absolute Gasteiger partial charge is 0.496 e. The monoisotopic (exact) mass is 566 g/mol. The molecule has 0 amide bonds. The summed E-state index contributed by atoms with van der Waals surface area (Å²) in [7, 11) is 2.86. The van der Waals surface area contributed by atoms with Crippen LogP contribution in [0.4, 0.5) is 13.2 Å². The molecule has 5 rings (SSSR count). The summed E-state index contributed by atoms with van der Waals surface area (Å²) in [5.74, 6) is -0.463. The third-order valence-corrected chi connectivity index (χ3v) is 7.79. The summed E-state index contributed by atoms with van der Waals surface area (Å²) in [6.07, 6.45) is -1.46. The summed E-state index contributed by atoms with van der Waals surface area (Å²) in [5.41, 5.74) is -1.74. The topological polar surface area (TPSA) is 87.2 Å². The van der Waals surface area contributed by atoms with Gasteiger partial charge in [0.1, 0.15) is 28.2 Å². The maximum atomic E-state index is 14.1. The summed E-state index contributed by atoms with van der Waals surface area (Å²) < 4.78 is 62.2. The number of hydrogen-bond donors (Lipinski definition) is 0. The molecule has 12 heteroatoms. The first kappa shape index (κ1) is 27.1. The number of carbonyl (C=O) groups is 2. The van der Waals surface area contributed by atoms with Crippen molar-refractivity contribution in [1.29, 1.82) is 0 Å². The summed E-state index contributed by atoms with van der Waals surface area (Å²) in [6.45, 7) is 2.53. The molecule has 3 heterocycles. The molecule has 1 saturated heterocycles. The molecule has 1 fully saturated rings. The van der Waals surface area contributed by atoms with Gasteiger partial charge in [-0.15, -0.1) is 0 Å². The molecular formula is C27H26ClF3N2O6. The van der Waals surface area contributed by atoms with Crippen LogP contribution in [0.1, 0.15) is 42.1 Å². The average molecular weight is 567 g/mol. The Hall–Kier alpha value is -3.47. The average Bonchev–Trinajstić information content (AvgIpc) is 3.21. The number of alkyl halides is 3. The van der Waals surface area contributed by atoms with Gasteiger partial charge in [-0.2, -0.15) is 13.2 Å². The van der Waals surface area contributed by atoms with Gasteiger partial charge in [0.25, 0.3) is 0 Å². The molecule has 2 aromatic rings. The highest BCUT2D eigenvalue weighted by molar-refractivity contribution is 6.35. The van der Waals surface area contributed by atoms with E-state index in [0.717, 1.165) is 18.3 Å². The number of pyridine rings is 1. The SMILES string of the molecule is COc1cc(OC)c2c(c1Cl)O[C@]1(C2=O)C(N2CCC(Oc3cc(C(F)(F)F)ccn3)CC2)=CC(=O)C[C@H]1C. The van der Waals surface area contributed by atoms with Gasteiger partial charge < -0.3 is 23.8 Å². The Kier molecular flexibility index (Phi) is 6.90. The minimum absolute atomic E-state index is 0.0983. The van der Waals surface area contributed by atoms with Gasteiger partial charge in [0, 0.05) is 62.7 Å². The van der Waals surface area contributed by atoms with Gasteiger partial charge in [0.2, 0.25) is 17.3 Å². The number of likely N-dealkylation sites (tertiary alicyclic amines) is 1. The van der Waals surface area contributed by atoms with Crippen molar-refractivity contribution in [3.8, 4) is 23.1 Å². The van der Waals surface area contributed by atoms with E-state index in [9.17, 15) is 22.8 Å². The second kappa shape index (κ2) is 9.93. The first-order valence-corrected chi connectivity index (χ1v) is 12.8. The van der Waals surface area contributed by atoms with E-state index in [2.05, 4.69) is 4.98 Å². The number of Topliss-reactive ketones (excluding diaryl/α,β-unsaturated/α-hetero) is 1. The maximum Gasteiger partial charge on any atom is 0.416 e. The molecule has 3 aliphatic rings. The van der Waals surface area contributed by atoms with Gasteiger partial charge in [-0.3, -0.25) is 9.59 Å². The van der Waals surface area contributed by atoms with E-state index in [0.29, 0.717) is 31.6 Å². The van der Waals surface area contributed by atoms with Gasteiger partial charge in [-0.25, -0.2) is 4.98 Å². The third kappa shape index (κ3) is 4.56. The Morgan fingerprint density at radius 1 is 1.13 bits per heavy atom. The highest BCUT2D eigenvalue weighted by Crippen LogP contribution is 2.55. The summed E-state index contributed by atoms with van der Waals surface area (Å²) >= 11 is 6.55. The predicted molar refractivity (Wildman–Crippen MR) is 134 cm³/mol. The molecule has 0 bridgehead atoms. The number of methoxy groups -OCH3 is 2. The van der Waals surface area contributed by atoms with Gasteiger partial charge in [0.15, 0.2) is 11.5 Å². The summed E-state index contributed by atoms with van der Waals surface area (Å²) in [4.78, 5) is 32.6. The maximum absolute atomic E-state index is 14.1. The lowest BCUT2D eigenvalue weighted by atomic mass is 9.73. The molecule has 0 N–H and O–H groups in total. The number of ether oxygens (including phenoxy) is 4. The van der Waals surface area contributed by atoms with E-state index < -0.39 is 29.4 Å². The van der Waals surface area contributed by atoms with Crippen molar-refractivity contribution in [2.24, 2.45) is 5.92 Å². The Morgan fingerprint density at radius 3 is 2.46 bits per heavy atom. The second-order valence-electron chi connectivity index (χ2n) is 9.75. The first-order valence-electron chi connectivity index (χ1n) is 12.4. The van der Waals surface area contributed by atoms with Crippen LogP contribution in [0.3, 0.4) is 0 Å². The Bertz CT molecular complexity index is 1360. The van der Waals surface area contributed by atoms with Crippen LogP contribution < -0.4 is 18.9 Å². The van der Waals surface area contributed by atoms with Crippen LogP contribution in [0.2, 0.25) is 5.02 Å². The molecule has 2 aliphatic heterocycles. The number of rotatable bonds is 5. The molecule has 0 unspecified atom stereocenters. The lowest BCUT2D eigenvalue weighted by Crippen LogP contribution is -2.57. The Morgan fingerprint density at radius 2 is 1.82 bits per heavy atom. The molecule has 39 heavy (non-hydrogen) atoms. The number of hydrogen-bond acceptors (Lipinski definition) is 8. The molecule has 208 valence electrons.